The van der Waals surface area contributed by atoms with Crippen molar-refractivity contribution >= 4 is 66.4 Å². The van der Waals surface area contributed by atoms with Crippen molar-refractivity contribution < 1.29 is 0 Å². The van der Waals surface area contributed by atoms with E-state index in [-0.39, 0.29) is 10.8 Å². The van der Waals surface area contributed by atoms with Crippen LogP contribution in [0, 0.1) is 33.5 Å². The molecule has 0 fully saturated rings. The van der Waals surface area contributed by atoms with Crippen molar-refractivity contribution in [3.63, 3.8) is 0 Å². The quantitative estimate of drug-likeness (QED) is 0.157. The molecule has 9 aromatic rings. The number of nitriles is 2. The second kappa shape index (κ2) is 14.8. The molecule has 0 amide bonds. The van der Waals surface area contributed by atoms with Gasteiger partial charge in [-0.3, -0.25) is 0 Å². The Labute approximate surface area is 370 Å². The van der Waals surface area contributed by atoms with Crippen LogP contribution in [0.5, 0.6) is 0 Å². The summed E-state index contributed by atoms with van der Waals surface area (Å²) in [5, 5.41) is 26.7. The Hall–Kier alpha value is -7.66. The third-order valence-electron chi connectivity index (χ3n) is 13.3. The van der Waals surface area contributed by atoms with Crippen LogP contribution in [0.4, 0.5) is 34.1 Å². The minimum atomic E-state index is -0.480. The van der Waals surface area contributed by atoms with Gasteiger partial charge in [0.2, 0.25) is 0 Å². The number of hydrogen-bond donors (Lipinski definition) is 0. The molecule has 304 valence electrons. The molecule has 0 N–H and O–H groups in total. The van der Waals surface area contributed by atoms with Crippen molar-refractivity contribution in [1.82, 2.24) is 0 Å². The van der Waals surface area contributed by atoms with Gasteiger partial charge in [0.15, 0.2) is 0 Å². The molecule has 0 aliphatic heterocycles. The monoisotopic (exact) mass is 812 g/mol. The van der Waals surface area contributed by atoms with Gasteiger partial charge in [-0.05, 0) is 151 Å². The van der Waals surface area contributed by atoms with Crippen LogP contribution in [0.3, 0.4) is 0 Å². The summed E-state index contributed by atoms with van der Waals surface area (Å²) in [4.78, 5) is 4.66. The van der Waals surface area contributed by atoms with Gasteiger partial charge in [0.1, 0.15) is 0 Å². The molecule has 1 aliphatic rings. The van der Waals surface area contributed by atoms with Gasteiger partial charge in [-0.1, -0.05) is 133 Å². The summed E-state index contributed by atoms with van der Waals surface area (Å²) in [6, 6.07) is 69.0. The highest BCUT2D eigenvalue weighted by molar-refractivity contribution is 6.23. The van der Waals surface area contributed by atoms with Crippen LogP contribution in [0.1, 0.15) is 63.8 Å². The van der Waals surface area contributed by atoms with Crippen LogP contribution < -0.4 is 9.80 Å². The first-order chi connectivity index (χ1) is 30.5. The number of anilines is 6. The van der Waals surface area contributed by atoms with Crippen LogP contribution in [0.15, 0.2) is 182 Å². The first-order valence-electron chi connectivity index (χ1n) is 21.7. The Morgan fingerprint density at radius 1 is 0.381 bits per heavy atom. The van der Waals surface area contributed by atoms with Crippen LogP contribution in [0.2, 0.25) is 0 Å². The zero-order valence-electron chi connectivity index (χ0n) is 36.6. The van der Waals surface area contributed by atoms with E-state index in [9.17, 15) is 10.5 Å². The zero-order valence-corrected chi connectivity index (χ0v) is 36.6. The van der Waals surface area contributed by atoms with Gasteiger partial charge in [0.05, 0.1) is 29.0 Å². The van der Waals surface area contributed by atoms with Gasteiger partial charge in [0.25, 0.3) is 0 Å². The predicted molar refractivity (Wildman–Crippen MR) is 263 cm³/mol. The molecule has 0 unspecified atom stereocenters. The topological polar surface area (TPSA) is 54.1 Å². The fraction of sp³-hybridized carbons (Fsp3) is 0.153. The summed E-state index contributed by atoms with van der Waals surface area (Å²) in [7, 11) is 0. The van der Waals surface area contributed by atoms with Crippen LogP contribution in [-0.4, -0.2) is 0 Å². The molecule has 4 heteroatoms. The zero-order chi connectivity index (χ0) is 43.7. The molecule has 1 aliphatic carbocycles. The highest BCUT2D eigenvalue weighted by atomic mass is 15.1. The normalized spacial score (nSPS) is 13.0. The van der Waals surface area contributed by atoms with Crippen molar-refractivity contribution in [2.45, 2.75) is 47.0 Å². The lowest BCUT2D eigenvalue weighted by molar-refractivity contribution is 0.0965. The molecule has 63 heavy (non-hydrogen) atoms. The largest absolute Gasteiger partial charge is 0.310 e. The Morgan fingerprint density at radius 2 is 0.810 bits per heavy atom. The summed E-state index contributed by atoms with van der Waals surface area (Å²) < 4.78 is 0. The third-order valence-corrected chi connectivity index (χ3v) is 13.3. The molecule has 0 radical (unpaired) electrons. The molecule has 0 saturated heterocycles. The Bertz CT molecular complexity index is 3290. The van der Waals surface area contributed by atoms with Crippen molar-refractivity contribution in [2.75, 3.05) is 9.80 Å². The lowest BCUT2D eigenvalue weighted by Gasteiger charge is -2.53. The molecular weight excluding hydrogens is 765 g/mol. The second-order valence-corrected chi connectivity index (χ2v) is 18.8. The SMILES string of the molecule is CC(C)(C)C1(C(C)(C)C)c2cc(N(c3ccccc3)c3ccc(C#N)cc3)c3ccccc3c2-c2c1c1ccc(N(c3ccccc3)c3ccc(C#N)cc3)cc1c1ccccc21. The lowest BCUT2D eigenvalue weighted by Crippen LogP contribution is -2.50. The molecule has 9 aromatic carbocycles. The van der Waals surface area contributed by atoms with E-state index in [2.05, 4.69) is 203 Å². The van der Waals surface area contributed by atoms with Crippen LogP contribution in [0.25, 0.3) is 43.4 Å². The van der Waals surface area contributed by atoms with E-state index in [1.54, 1.807) is 0 Å². The molecule has 0 spiro atoms. The van der Waals surface area contributed by atoms with Gasteiger partial charge in [-0.15, -0.1) is 0 Å². The molecule has 10 rings (SSSR count). The summed E-state index contributed by atoms with van der Waals surface area (Å²) in [6.45, 7) is 14.6. The van der Waals surface area contributed by atoms with Gasteiger partial charge in [0, 0.05) is 39.2 Å². The second-order valence-electron chi connectivity index (χ2n) is 18.8. The van der Waals surface area contributed by atoms with Crippen molar-refractivity contribution in [1.29, 1.82) is 10.5 Å². The molecule has 0 atom stereocenters. The third kappa shape index (κ3) is 6.01. The Morgan fingerprint density at radius 3 is 1.33 bits per heavy atom. The Kier molecular flexibility index (Phi) is 9.25. The van der Waals surface area contributed by atoms with Crippen molar-refractivity contribution in [2.24, 2.45) is 10.8 Å². The fourth-order valence-electron chi connectivity index (χ4n) is 11.3. The van der Waals surface area contributed by atoms with Gasteiger partial charge in [-0.25, -0.2) is 0 Å². The summed E-state index contributed by atoms with van der Waals surface area (Å²) in [5.74, 6) is 0. The molecule has 4 nitrogen and oxygen atoms in total. The minimum absolute atomic E-state index is 0.260. The van der Waals surface area contributed by atoms with E-state index in [0.717, 1.165) is 39.5 Å². The first kappa shape index (κ1) is 39.5. The number of hydrogen-bond acceptors (Lipinski definition) is 4. The van der Waals surface area contributed by atoms with E-state index in [1.165, 1.54) is 49.2 Å². The molecular formula is C59H48N4. The average Bonchev–Trinajstić information content (AvgIpc) is 3.64. The molecule has 0 heterocycles. The maximum atomic E-state index is 9.78. The fourth-order valence-corrected chi connectivity index (χ4v) is 11.3. The number of para-hydroxylation sites is 2. The van der Waals surface area contributed by atoms with E-state index < -0.39 is 5.41 Å². The minimum Gasteiger partial charge on any atom is -0.310 e. The summed E-state index contributed by atoms with van der Waals surface area (Å²) in [5.41, 5.74) is 11.8. The molecule has 0 bridgehead atoms. The van der Waals surface area contributed by atoms with E-state index in [1.807, 2.05) is 42.5 Å². The lowest BCUT2D eigenvalue weighted by atomic mass is 9.49. The summed E-state index contributed by atoms with van der Waals surface area (Å²) >= 11 is 0. The number of fused-ring (bicyclic) bond motifs is 10. The molecule has 0 aromatic heterocycles. The van der Waals surface area contributed by atoms with Crippen molar-refractivity contribution in [3.05, 3.63) is 204 Å². The standard InChI is InChI=1S/C59H48N4/c1-57(2,3)59(58(4,5)6)52-36-53(63(42-19-11-8-12-20-42)44-31-27-40(38-61)28-32-44)47-22-14-16-24-49(47)54(52)55-48-23-15-13-21-46(48)51-35-45(33-34-50(51)56(55)59)62(41-17-9-7-10-18-41)43-29-25-39(37-60)26-30-43/h7-36H,1-6H3. The van der Waals surface area contributed by atoms with E-state index in [4.69, 9.17) is 0 Å². The van der Waals surface area contributed by atoms with Gasteiger partial charge >= 0.3 is 0 Å². The average molecular weight is 813 g/mol. The van der Waals surface area contributed by atoms with Crippen molar-refractivity contribution in [3.8, 4) is 23.3 Å². The summed E-state index contributed by atoms with van der Waals surface area (Å²) in [6.07, 6.45) is 0. The molecule has 0 saturated carbocycles. The Balaban J connectivity index is 1.34. The highest BCUT2D eigenvalue weighted by Gasteiger charge is 2.59. The number of rotatable bonds is 6. The number of nitrogens with zero attached hydrogens (tertiary/aromatic N) is 4. The highest BCUT2D eigenvalue weighted by Crippen LogP contribution is 2.69. The van der Waals surface area contributed by atoms with Gasteiger partial charge in [-0.2, -0.15) is 10.5 Å². The predicted octanol–water partition coefficient (Wildman–Crippen LogP) is 16.2. The number of benzene rings is 9. The maximum Gasteiger partial charge on any atom is 0.0991 e. The van der Waals surface area contributed by atoms with Crippen LogP contribution >= 0.6 is 0 Å². The van der Waals surface area contributed by atoms with E-state index in [0.29, 0.717) is 11.1 Å². The smallest absolute Gasteiger partial charge is 0.0991 e. The first-order valence-corrected chi connectivity index (χ1v) is 21.7. The van der Waals surface area contributed by atoms with Crippen LogP contribution in [-0.2, 0) is 5.41 Å². The van der Waals surface area contributed by atoms with Gasteiger partial charge < -0.3 is 9.80 Å². The maximum absolute atomic E-state index is 9.78. The van der Waals surface area contributed by atoms with E-state index >= 15 is 0 Å².